The van der Waals surface area contributed by atoms with E-state index in [0.29, 0.717) is 5.02 Å². The van der Waals surface area contributed by atoms with Crippen molar-refractivity contribution in [1.82, 2.24) is 9.55 Å². The maximum Gasteiger partial charge on any atom is 0.330 e. The SMILES string of the molecule is COCCN(C(=O)COc1ccc(Cl)cc1Cl)c1c(N)n(Cc2ccccc2)c(=O)[nH]c1=O. The van der Waals surface area contributed by atoms with Crippen LogP contribution in [0.25, 0.3) is 0 Å². The highest BCUT2D eigenvalue weighted by Crippen LogP contribution is 2.27. The van der Waals surface area contributed by atoms with Crippen molar-refractivity contribution in [2.24, 2.45) is 0 Å². The summed E-state index contributed by atoms with van der Waals surface area (Å²) in [6, 6.07) is 13.7. The summed E-state index contributed by atoms with van der Waals surface area (Å²) >= 11 is 12.0. The van der Waals surface area contributed by atoms with Gasteiger partial charge in [0.1, 0.15) is 11.6 Å². The monoisotopic (exact) mass is 492 g/mol. The molecule has 3 N–H and O–H groups in total. The summed E-state index contributed by atoms with van der Waals surface area (Å²) < 4.78 is 11.8. The second-order valence-corrected chi connectivity index (χ2v) is 7.81. The maximum absolute atomic E-state index is 13.0. The largest absolute Gasteiger partial charge is 0.482 e. The van der Waals surface area contributed by atoms with Gasteiger partial charge < -0.3 is 15.2 Å². The van der Waals surface area contributed by atoms with Gasteiger partial charge in [0.2, 0.25) is 0 Å². The van der Waals surface area contributed by atoms with Gasteiger partial charge in [-0.1, -0.05) is 53.5 Å². The molecule has 11 heteroatoms. The lowest BCUT2D eigenvalue weighted by molar-refractivity contribution is -0.120. The Kier molecular flexibility index (Phi) is 8.16. The molecule has 0 aliphatic heterocycles. The topological polar surface area (TPSA) is 120 Å². The number of nitrogens with zero attached hydrogens (tertiary/aromatic N) is 2. The number of benzene rings is 2. The lowest BCUT2D eigenvalue weighted by Crippen LogP contribution is -2.44. The van der Waals surface area contributed by atoms with E-state index in [9.17, 15) is 14.4 Å². The Morgan fingerprint density at radius 2 is 1.88 bits per heavy atom. The van der Waals surface area contributed by atoms with Crippen molar-refractivity contribution >= 4 is 40.6 Å². The number of nitrogens with one attached hydrogen (secondary N) is 1. The lowest BCUT2D eigenvalue weighted by atomic mass is 10.2. The predicted molar refractivity (Wildman–Crippen MR) is 127 cm³/mol. The van der Waals surface area contributed by atoms with E-state index in [1.54, 1.807) is 6.07 Å². The first-order chi connectivity index (χ1) is 15.8. The van der Waals surface area contributed by atoms with Crippen molar-refractivity contribution in [3.05, 3.63) is 85.0 Å². The van der Waals surface area contributed by atoms with E-state index in [0.717, 1.165) is 10.5 Å². The fraction of sp³-hybridized carbons (Fsp3) is 0.227. The molecule has 33 heavy (non-hydrogen) atoms. The van der Waals surface area contributed by atoms with Crippen LogP contribution in [0.1, 0.15) is 5.56 Å². The Labute approximate surface area is 199 Å². The quantitative estimate of drug-likeness (QED) is 0.473. The minimum absolute atomic E-state index is 0.00383. The number of aromatic amines is 1. The van der Waals surface area contributed by atoms with E-state index >= 15 is 0 Å². The van der Waals surface area contributed by atoms with Gasteiger partial charge in [-0.3, -0.25) is 24.0 Å². The first-order valence-electron chi connectivity index (χ1n) is 9.85. The molecule has 9 nitrogen and oxygen atoms in total. The third-order valence-electron chi connectivity index (χ3n) is 4.73. The van der Waals surface area contributed by atoms with Gasteiger partial charge in [0, 0.05) is 18.7 Å². The average Bonchev–Trinajstić information content (AvgIpc) is 2.78. The van der Waals surface area contributed by atoms with Gasteiger partial charge in [-0.2, -0.15) is 0 Å². The Bertz CT molecular complexity index is 1240. The highest BCUT2D eigenvalue weighted by Gasteiger charge is 2.25. The van der Waals surface area contributed by atoms with Crippen LogP contribution in [-0.4, -0.2) is 42.3 Å². The second kappa shape index (κ2) is 11.0. The van der Waals surface area contributed by atoms with Crippen molar-refractivity contribution in [3.63, 3.8) is 0 Å². The molecule has 1 amide bonds. The molecule has 174 valence electrons. The fourth-order valence-corrected chi connectivity index (χ4v) is 3.58. The van der Waals surface area contributed by atoms with Crippen molar-refractivity contribution in [1.29, 1.82) is 0 Å². The van der Waals surface area contributed by atoms with Crippen molar-refractivity contribution in [3.8, 4) is 5.75 Å². The zero-order valence-electron chi connectivity index (χ0n) is 17.7. The van der Waals surface area contributed by atoms with Crippen molar-refractivity contribution < 1.29 is 14.3 Å². The number of carbonyl (C=O) groups excluding carboxylic acids is 1. The molecular formula is C22H22Cl2N4O5. The highest BCUT2D eigenvalue weighted by molar-refractivity contribution is 6.35. The van der Waals surface area contributed by atoms with Crippen molar-refractivity contribution in [2.45, 2.75) is 6.54 Å². The number of H-pyrrole nitrogens is 1. The number of hydrogen-bond donors (Lipinski definition) is 2. The van der Waals surface area contributed by atoms with E-state index in [1.165, 1.54) is 23.8 Å². The highest BCUT2D eigenvalue weighted by atomic mass is 35.5. The fourth-order valence-electron chi connectivity index (χ4n) is 3.11. The number of ether oxygens (including phenoxy) is 2. The van der Waals surface area contributed by atoms with Gasteiger partial charge in [0.25, 0.3) is 11.5 Å². The summed E-state index contributed by atoms with van der Waals surface area (Å²) in [6.45, 7) is -0.214. The Morgan fingerprint density at radius 1 is 1.15 bits per heavy atom. The molecule has 0 atom stereocenters. The molecule has 0 saturated heterocycles. The minimum Gasteiger partial charge on any atom is -0.482 e. The van der Waals surface area contributed by atoms with E-state index in [4.69, 9.17) is 38.4 Å². The minimum atomic E-state index is -0.796. The first kappa shape index (κ1) is 24.4. The van der Waals surface area contributed by atoms with Crippen LogP contribution in [-0.2, 0) is 16.1 Å². The average molecular weight is 493 g/mol. The van der Waals surface area contributed by atoms with Gasteiger partial charge in [0.15, 0.2) is 12.3 Å². The van der Waals surface area contributed by atoms with Crippen LogP contribution in [0.5, 0.6) is 5.75 Å². The van der Waals surface area contributed by atoms with E-state index in [2.05, 4.69) is 4.98 Å². The molecule has 0 aliphatic carbocycles. The standard InChI is InChI=1S/C22H22Cl2N4O5/c1-32-10-9-27(18(29)13-33-17-8-7-15(23)11-16(17)24)19-20(25)28(22(31)26-21(19)30)12-14-5-3-2-4-6-14/h2-8,11H,9-10,12-13,25H2,1H3,(H,26,30,31). The summed E-state index contributed by atoms with van der Waals surface area (Å²) in [5.74, 6) is -0.487. The number of nitrogens with two attached hydrogens (primary N) is 1. The normalized spacial score (nSPS) is 10.8. The molecule has 0 radical (unpaired) electrons. The second-order valence-electron chi connectivity index (χ2n) is 6.97. The number of hydrogen-bond acceptors (Lipinski definition) is 6. The van der Waals surface area contributed by atoms with Gasteiger partial charge in [-0.05, 0) is 23.8 Å². The molecule has 2 aromatic carbocycles. The number of carbonyl (C=O) groups is 1. The van der Waals surface area contributed by atoms with Crippen LogP contribution < -0.4 is 26.6 Å². The van der Waals surface area contributed by atoms with Crippen LogP contribution in [0.4, 0.5) is 11.5 Å². The van der Waals surface area contributed by atoms with E-state index < -0.39 is 23.8 Å². The molecular weight excluding hydrogens is 471 g/mol. The number of anilines is 2. The van der Waals surface area contributed by atoms with Gasteiger partial charge in [-0.15, -0.1) is 0 Å². The number of nitrogen functional groups attached to an aromatic ring is 1. The number of amides is 1. The molecule has 0 fully saturated rings. The number of aromatic nitrogens is 2. The summed E-state index contributed by atoms with van der Waals surface area (Å²) in [7, 11) is 1.45. The zero-order chi connectivity index (χ0) is 24.0. The van der Waals surface area contributed by atoms with Crippen LogP contribution in [0, 0.1) is 0 Å². The van der Waals surface area contributed by atoms with Gasteiger partial charge >= 0.3 is 5.69 Å². The zero-order valence-corrected chi connectivity index (χ0v) is 19.2. The van der Waals surface area contributed by atoms with Crippen LogP contribution in [0.2, 0.25) is 10.0 Å². The number of halogens is 2. The summed E-state index contributed by atoms with van der Waals surface area (Å²) in [4.78, 5) is 41.5. The third-order valence-corrected chi connectivity index (χ3v) is 5.26. The number of rotatable bonds is 9. The molecule has 1 aromatic heterocycles. The lowest BCUT2D eigenvalue weighted by Gasteiger charge is -2.24. The summed E-state index contributed by atoms with van der Waals surface area (Å²) in [6.07, 6.45) is 0. The molecule has 3 rings (SSSR count). The van der Waals surface area contributed by atoms with Crippen LogP contribution in [0.15, 0.2) is 58.1 Å². The third kappa shape index (κ3) is 5.95. The van der Waals surface area contributed by atoms with E-state index in [-0.39, 0.29) is 42.0 Å². The van der Waals surface area contributed by atoms with Gasteiger partial charge in [0.05, 0.1) is 18.2 Å². The smallest absolute Gasteiger partial charge is 0.330 e. The van der Waals surface area contributed by atoms with E-state index in [1.807, 2.05) is 30.3 Å². The van der Waals surface area contributed by atoms with Crippen LogP contribution in [0.3, 0.4) is 0 Å². The summed E-state index contributed by atoms with van der Waals surface area (Å²) in [5.41, 5.74) is 5.36. The molecule has 3 aromatic rings. The molecule has 0 bridgehead atoms. The molecule has 0 saturated carbocycles. The first-order valence-corrected chi connectivity index (χ1v) is 10.6. The molecule has 1 heterocycles. The molecule has 0 aliphatic rings. The Balaban J connectivity index is 1.93. The molecule has 0 spiro atoms. The van der Waals surface area contributed by atoms with Crippen molar-refractivity contribution in [2.75, 3.05) is 37.5 Å². The van der Waals surface area contributed by atoms with Gasteiger partial charge in [-0.25, -0.2) is 4.79 Å². The Morgan fingerprint density at radius 3 is 2.55 bits per heavy atom. The predicted octanol–water partition coefficient (Wildman–Crippen LogP) is 2.53. The summed E-state index contributed by atoms with van der Waals surface area (Å²) in [5, 5.41) is 0.646. The van der Waals surface area contributed by atoms with Crippen LogP contribution >= 0.6 is 23.2 Å². The number of methoxy groups -OCH3 is 1. The Hall–Kier alpha value is -3.27. The maximum atomic E-state index is 13.0. The molecule has 0 unspecified atom stereocenters.